The molecule has 1 amide bonds. The largest absolute Gasteiger partial charge is 0.483 e. The molecule has 0 spiro atoms. The van der Waals surface area contributed by atoms with E-state index in [1.807, 2.05) is 0 Å². The van der Waals surface area contributed by atoms with Crippen LogP contribution in [0.25, 0.3) is 0 Å². The molecule has 1 fully saturated rings. The van der Waals surface area contributed by atoms with Gasteiger partial charge in [-0.05, 0) is 26.8 Å². The molecule has 2 rings (SSSR count). The van der Waals surface area contributed by atoms with E-state index in [0.717, 1.165) is 18.2 Å². The third-order valence-corrected chi connectivity index (χ3v) is 3.23. The zero-order valence-electron chi connectivity index (χ0n) is 13.2. The Labute approximate surface area is 132 Å². The Morgan fingerprint density at radius 2 is 2.04 bits per heavy atom. The molecule has 7 nitrogen and oxygen atoms in total. The predicted octanol–water partition coefficient (Wildman–Crippen LogP) is 3.17. The first-order valence-corrected chi connectivity index (χ1v) is 7.24. The molecular formula is C15H19FN2O5. The number of benzene rings is 1. The van der Waals surface area contributed by atoms with Crippen LogP contribution in [0.1, 0.15) is 33.6 Å². The smallest absolute Gasteiger partial charge is 0.407 e. The van der Waals surface area contributed by atoms with Crippen LogP contribution in [0.2, 0.25) is 0 Å². The number of carbonyl (C=O) groups excluding carboxylic acids is 1. The minimum atomic E-state index is -0.621. The number of nitro groups is 1. The Hall–Kier alpha value is -2.38. The van der Waals surface area contributed by atoms with E-state index in [1.165, 1.54) is 0 Å². The van der Waals surface area contributed by atoms with E-state index in [9.17, 15) is 19.3 Å². The number of hydrogen-bond donors (Lipinski definition) is 1. The first-order chi connectivity index (χ1) is 10.6. The van der Waals surface area contributed by atoms with Crippen molar-refractivity contribution < 1.29 is 23.6 Å². The zero-order chi connectivity index (χ0) is 17.2. The Morgan fingerprint density at radius 3 is 2.61 bits per heavy atom. The predicted molar refractivity (Wildman–Crippen MR) is 79.9 cm³/mol. The van der Waals surface area contributed by atoms with Crippen molar-refractivity contribution in [3.63, 3.8) is 0 Å². The number of halogens is 1. The molecule has 1 aromatic rings. The van der Waals surface area contributed by atoms with E-state index >= 15 is 0 Å². The molecule has 1 aliphatic carbocycles. The highest BCUT2D eigenvalue weighted by molar-refractivity contribution is 5.68. The van der Waals surface area contributed by atoms with E-state index in [1.54, 1.807) is 20.8 Å². The highest BCUT2D eigenvalue weighted by Gasteiger charge is 2.34. The van der Waals surface area contributed by atoms with Gasteiger partial charge in [0, 0.05) is 31.0 Å². The number of rotatable bonds is 4. The lowest BCUT2D eigenvalue weighted by molar-refractivity contribution is -0.386. The van der Waals surface area contributed by atoms with Crippen LogP contribution in [0.15, 0.2) is 18.2 Å². The number of amides is 1. The molecule has 1 aliphatic rings. The van der Waals surface area contributed by atoms with Crippen molar-refractivity contribution in [2.24, 2.45) is 0 Å². The lowest BCUT2D eigenvalue weighted by Gasteiger charge is -2.35. The van der Waals surface area contributed by atoms with Gasteiger partial charge in [0.2, 0.25) is 0 Å². The van der Waals surface area contributed by atoms with Gasteiger partial charge in [0.05, 0.1) is 4.92 Å². The number of ether oxygens (including phenoxy) is 2. The number of nitrogens with zero attached hydrogens (tertiary/aromatic N) is 1. The zero-order valence-corrected chi connectivity index (χ0v) is 13.2. The average Bonchev–Trinajstić information content (AvgIpc) is 2.33. The van der Waals surface area contributed by atoms with Crippen LogP contribution in [-0.2, 0) is 4.74 Å². The summed E-state index contributed by atoms with van der Waals surface area (Å²) in [6.45, 7) is 5.30. The summed E-state index contributed by atoms with van der Waals surface area (Å²) in [6.07, 6.45) is 0.132. The Bertz CT molecular complexity index is 608. The Kier molecular flexibility index (Phi) is 4.72. The van der Waals surface area contributed by atoms with E-state index < -0.39 is 22.4 Å². The quantitative estimate of drug-likeness (QED) is 0.678. The van der Waals surface area contributed by atoms with Gasteiger partial charge in [-0.25, -0.2) is 9.18 Å². The second-order valence-electron chi connectivity index (χ2n) is 6.42. The molecule has 0 heterocycles. The summed E-state index contributed by atoms with van der Waals surface area (Å²) in [7, 11) is 0. The van der Waals surface area contributed by atoms with Crippen LogP contribution in [-0.4, -0.2) is 28.8 Å². The van der Waals surface area contributed by atoms with Gasteiger partial charge < -0.3 is 14.8 Å². The van der Waals surface area contributed by atoms with Gasteiger partial charge in [-0.15, -0.1) is 0 Å². The lowest BCUT2D eigenvalue weighted by Crippen LogP contribution is -2.50. The monoisotopic (exact) mass is 326 g/mol. The lowest BCUT2D eigenvalue weighted by atomic mass is 9.89. The van der Waals surface area contributed by atoms with Crippen molar-refractivity contribution in [1.82, 2.24) is 5.32 Å². The highest BCUT2D eigenvalue weighted by Crippen LogP contribution is 2.33. The van der Waals surface area contributed by atoms with Crippen LogP contribution in [0.4, 0.5) is 14.9 Å². The number of nitrogens with one attached hydrogen (secondary N) is 1. The van der Waals surface area contributed by atoms with E-state index in [0.29, 0.717) is 12.8 Å². The van der Waals surface area contributed by atoms with Crippen molar-refractivity contribution in [1.29, 1.82) is 0 Å². The molecule has 0 saturated heterocycles. The van der Waals surface area contributed by atoms with E-state index in [4.69, 9.17) is 9.47 Å². The molecule has 0 unspecified atom stereocenters. The maximum Gasteiger partial charge on any atom is 0.407 e. The van der Waals surface area contributed by atoms with Gasteiger partial charge in [0.1, 0.15) is 17.5 Å². The van der Waals surface area contributed by atoms with Crippen molar-refractivity contribution >= 4 is 11.8 Å². The van der Waals surface area contributed by atoms with Gasteiger partial charge in [-0.3, -0.25) is 10.1 Å². The van der Waals surface area contributed by atoms with E-state index in [2.05, 4.69) is 5.32 Å². The van der Waals surface area contributed by atoms with Crippen LogP contribution in [0.3, 0.4) is 0 Å². The Balaban J connectivity index is 1.86. The fourth-order valence-electron chi connectivity index (χ4n) is 2.17. The molecule has 126 valence electrons. The molecule has 1 N–H and O–H groups in total. The summed E-state index contributed by atoms with van der Waals surface area (Å²) in [4.78, 5) is 21.9. The number of alkyl carbamates (subject to hydrolysis) is 1. The number of hydrogen-bond acceptors (Lipinski definition) is 5. The summed E-state index contributed by atoms with van der Waals surface area (Å²) in [5.41, 5.74) is -0.860. The molecule has 1 aromatic carbocycles. The molecule has 0 radical (unpaired) electrons. The van der Waals surface area contributed by atoms with Crippen molar-refractivity contribution in [3.8, 4) is 5.75 Å². The molecule has 0 bridgehead atoms. The number of nitro benzene ring substituents is 1. The van der Waals surface area contributed by atoms with Crippen molar-refractivity contribution in [3.05, 3.63) is 34.1 Å². The maximum atomic E-state index is 13.2. The minimum absolute atomic E-state index is 0.101. The second kappa shape index (κ2) is 6.39. The van der Waals surface area contributed by atoms with E-state index in [-0.39, 0.29) is 23.6 Å². The van der Waals surface area contributed by atoms with Gasteiger partial charge in [0.15, 0.2) is 5.75 Å². The summed E-state index contributed by atoms with van der Waals surface area (Å²) in [6, 6.07) is 2.95. The summed E-state index contributed by atoms with van der Waals surface area (Å²) >= 11 is 0. The second-order valence-corrected chi connectivity index (χ2v) is 6.42. The summed E-state index contributed by atoms with van der Waals surface area (Å²) < 4.78 is 23.8. The van der Waals surface area contributed by atoms with Crippen LogP contribution >= 0.6 is 0 Å². The minimum Gasteiger partial charge on any atom is -0.483 e. The SMILES string of the molecule is CC(C)(C)OC(=O)N[C@H]1C[C@H](Oc2cc(F)ccc2[N+](=O)[O-])C1. The van der Waals surface area contributed by atoms with Gasteiger partial charge in [-0.2, -0.15) is 0 Å². The van der Waals surface area contributed by atoms with Gasteiger partial charge in [0.25, 0.3) is 0 Å². The third kappa shape index (κ3) is 4.80. The standard InChI is InChI=1S/C15H19FN2O5/c1-15(2,3)23-14(19)17-10-7-11(8-10)22-13-6-9(16)4-5-12(13)18(20)21/h4-6,10-11H,7-8H2,1-3H3,(H,17,19)/t10-,11-. The summed E-state index contributed by atoms with van der Waals surface area (Å²) in [5.74, 6) is -0.705. The van der Waals surface area contributed by atoms with Gasteiger partial charge >= 0.3 is 11.8 Å². The first-order valence-electron chi connectivity index (χ1n) is 7.24. The highest BCUT2D eigenvalue weighted by atomic mass is 19.1. The molecule has 0 aromatic heterocycles. The van der Waals surface area contributed by atoms with Crippen molar-refractivity contribution in [2.75, 3.05) is 0 Å². The molecular weight excluding hydrogens is 307 g/mol. The topological polar surface area (TPSA) is 90.7 Å². The van der Waals surface area contributed by atoms with Gasteiger partial charge in [-0.1, -0.05) is 0 Å². The van der Waals surface area contributed by atoms with Crippen LogP contribution in [0, 0.1) is 15.9 Å². The number of carbonyl (C=O) groups is 1. The fourth-order valence-corrected chi connectivity index (χ4v) is 2.17. The van der Waals surface area contributed by atoms with Crippen LogP contribution in [0.5, 0.6) is 5.75 Å². The molecule has 1 saturated carbocycles. The average molecular weight is 326 g/mol. The first kappa shape index (κ1) is 17.0. The molecule has 23 heavy (non-hydrogen) atoms. The third-order valence-electron chi connectivity index (χ3n) is 3.23. The summed E-state index contributed by atoms with van der Waals surface area (Å²) in [5, 5.41) is 13.6. The van der Waals surface area contributed by atoms with Crippen LogP contribution < -0.4 is 10.1 Å². The van der Waals surface area contributed by atoms with Crippen molar-refractivity contribution in [2.45, 2.75) is 51.4 Å². The maximum absolute atomic E-state index is 13.2. The Morgan fingerprint density at radius 1 is 1.39 bits per heavy atom. The molecule has 0 atom stereocenters. The molecule has 0 aliphatic heterocycles. The molecule has 8 heteroatoms. The normalized spacial score (nSPS) is 20.3. The fraction of sp³-hybridized carbons (Fsp3) is 0.533.